The third-order valence-electron chi connectivity index (χ3n) is 7.69. The number of hydrogen-bond donors (Lipinski definition) is 2. The number of para-hydroxylation sites is 1. The zero-order valence-corrected chi connectivity index (χ0v) is 17.5. The lowest BCUT2D eigenvalue weighted by Gasteiger charge is -2.46. The lowest BCUT2D eigenvalue weighted by molar-refractivity contribution is -0.145. The van der Waals surface area contributed by atoms with E-state index in [4.69, 9.17) is 4.74 Å². The molecule has 2 aromatic rings. The van der Waals surface area contributed by atoms with Crippen molar-refractivity contribution < 1.29 is 9.53 Å². The number of hydrogen-bond acceptors (Lipinski definition) is 3. The van der Waals surface area contributed by atoms with E-state index in [1.54, 1.807) is 5.57 Å². The van der Waals surface area contributed by atoms with Crippen molar-refractivity contribution in [2.24, 2.45) is 23.2 Å². The molecule has 29 heavy (non-hydrogen) atoms. The molecule has 0 spiro atoms. The number of ether oxygens (including phenoxy) is 1. The van der Waals surface area contributed by atoms with Crippen molar-refractivity contribution in [3.05, 3.63) is 47.7 Å². The van der Waals surface area contributed by atoms with Crippen molar-refractivity contribution in [3.63, 3.8) is 0 Å². The van der Waals surface area contributed by atoms with Crippen molar-refractivity contribution in [3.8, 4) is 0 Å². The number of rotatable bonds is 5. The normalized spacial score (nSPS) is 33.9. The van der Waals surface area contributed by atoms with Gasteiger partial charge in [0.15, 0.2) is 0 Å². The van der Waals surface area contributed by atoms with Gasteiger partial charge in [-0.2, -0.15) is 0 Å². The Morgan fingerprint density at radius 1 is 1.31 bits per heavy atom. The van der Waals surface area contributed by atoms with Gasteiger partial charge in [-0.05, 0) is 55.2 Å². The minimum atomic E-state index is -0.0471. The number of fused-ring (bicyclic) bond motifs is 3. The van der Waals surface area contributed by atoms with Gasteiger partial charge in [-0.15, -0.1) is 0 Å². The highest BCUT2D eigenvalue weighted by Gasteiger charge is 2.51. The van der Waals surface area contributed by atoms with Crippen LogP contribution < -0.4 is 5.32 Å². The Hall–Kier alpha value is -2.07. The van der Waals surface area contributed by atoms with Crippen LogP contribution in [0, 0.1) is 23.2 Å². The maximum absolute atomic E-state index is 12.6. The van der Waals surface area contributed by atoms with Crippen LogP contribution in [0.5, 0.6) is 0 Å². The van der Waals surface area contributed by atoms with Crippen LogP contribution in [-0.2, 0) is 16.0 Å². The van der Waals surface area contributed by atoms with E-state index in [0.29, 0.717) is 12.5 Å². The van der Waals surface area contributed by atoms with Crippen LogP contribution in [0.1, 0.15) is 45.1 Å². The molecule has 0 radical (unpaired) electrons. The Labute approximate surface area is 173 Å². The van der Waals surface area contributed by atoms with E-state index in [-0.39, 0.29) is 29.3 Å². The summed E-state index contributed by atoms with van der Waals surface area (Å²) in [5.41, 5.74) is 4.33. The third-order valence-corrected chi connectivity index (χ3v) is 7.69. The van der Waals surface area contributed by atoms with E-state index in [1.807, 2.05) is 0 Å². The summed E-state index contributed by atoms with van der Waals surface area (Å²) >= 11 is 0. The molecule has 4 heteroatoms. The monoisotopic (exact) mass is 392 g/mol. The fourth-order valence-electron chi connectivity index (χ4n) is 6.10. The van der Waals surface area contributed by atoms with Gasteiger partial charge in [0.1, 0.15) is 6.10 Å². The van der Waals surface area contributed by atoms with Gasteiger partial charge in [-0.25, -0.2) is 0 Å². The van der Waals surface area contributed by atoms with E-state index < -0.39 is 0 Å². The molecule has 1 aliphatic heterocycles. The zero-order chi connectivity index (χ0) is 20.0. The highest BCUT2D eigenvalue weighted by molar-refractivity contribution is 5.83. The van der Waals surface area contributed by atoms with Crippen molar-refractivity contribution in [2.45, 2.75) is 52.1 Å². The summed E-state index contributed by atoms with van der Waals surface area (Å²) in [6, 6.07) is 8.41. The molecule has 154 valence electrons. The molecule has 1 saturated carbocycles. The molecule has 5 rings (SSSR count). The topological polar surface area (TPSA) is 54.1 Å². The predicted octanol–water partition coefficient (Wildman–Crippen LogP) is 4.61. The van der Waals surface area contributed by atoms with Crippen LogP contribution in [-0.4, -0.2) is 30.1 Å². The summed E-state index contributed by atoms with van der Waals surface area (Å²) in [5.74, 6) is 0.827. The summed E-state index contributed by atoms with van der Waals surface area (Å²) in [4.78, 5) is 16.0. The first-order valence-corrected chi connectivity index (χ1v) is 11.2. The van der Waals surface area contributed by atoms with E-state index in [0.717, 1.165) is 19.4 Å². The molecule has 2 heterocycles. The minimum absolute atomic E-state index is 0.00801. The maximum Gasteiger partial charge on any atom is 0.311 e. The van der Waals surface area contributed by atoms with E-state index in [9.17, 15) is 4.79 Å². The Balaban J connectivity index is 1.24. The molecule has 5 unspecified atom stereocenters. The Morgan fingerprint density at radius 2 is 2.17 bits per heavy atom. The highest BCUT2D eigenvalue weighted by atomic mass is 16.6. The number of esters is 1. The van der Waals surface area contributed by atoms with E-state index in [2.05, 4.69) is 60.7 Å². The fraction of sp³-hybridized carbons (Fsp3) is 0.560. The molecule has 5 atom stereocenters. The van der Waals surface area contributed by atoms with Gasteiger partial charge in [0.2, 0.25) is 0 Å². The molecule has 2 N–H and O–H groups in total. The number of allylic oxidation sites excluding steroid dienone is 1. The summed E-state index contributed by atoms with van der Waals surface area (Å²) in [6.45, 7) is 6.31. The Bertz CT molecular complexity index is 945. The molecule has 3 aliphatic rings. The number of carbonyl (C=O) groups is 1. The van der Waals surface area contributed by atoms with Crippen LogP contribution >= 0.6 is 0 Å². The number of aromatic amines is 1. The Morgan fingerprint density at radius 3 is 3.07 bits per heavy atom. The number of nitrogens with one attached hydrogen (secondary N) is 2. The first-order chi connectivity index (χ1) is 14.0. The summed E-state index contributed by atoms with van der Waals surface area (Å²) < 4.78 is 5.86. The number of carbonyl (C=O) groups excluding carboxylic acids is 1. The molecule has 1 aromatic heterocycles. The summed E-state index contributed by atoms with van der Waals surface area (Å²) in [7, 11) is 0. The average molecular weight is 393 g/mol. The van der Waals surface area contributed by atoms with Crippen LogP contribution in [0.2, 0.25) is 0 Å². The van der Waals surface area contributed by atoms with Crippen LogP contribution in [0.4, 0.5) is 0 Å². The molecule has 4 nitrogen and oxygen atoms in total. The quantitative estimate of drug-likeness (QED) is 0.444. The van der Waals surface area contributed by atoms with Gasteiger partial charge in [0.05, 0.1) is 5.92 Å². The van der Waals surface area contributed by atoms with Gasteiger partial charge in [0.25, 0.3) is 0 Å². The number of benzene rings is 1. The maximum atomic E-state index is 12.6. The van der Waals surface area contributed by atoms with Crippen molar-refractivity contribution in [1.29, 1.82) is 0 Å². The first-order valence-electron chi connectivity index (χ1n) is 11.2. The summed E-state index contributed by atoms with van der Waals surface area (Å²) in [5, 5.41) is 4.83. The van der Waals surface area contributed by atoms with Gasteiger partial charge >= 0.3 is 5.97 Å². The third kappa shape index (κ3) is 3.31. The molecule has 1 saturated heterocycles. The standard InChI is InChI=1S/C25H32N2O2/c1-16-6-5-10-25(2)13-23-19(12-21(16)25)20(24(28)29-23)15-26-11-9-17-14-27-22-8-4-3-7-18(17)22/h3-4,7-8,12,14,16,19-20,23,26-27H,5-6,9-11,13,15H2,1-2H3. The number of aromatic nitrogens is 1. The van der Waals surface area contributed by atoms with Gasteiger partial charge in [-0.1, -0.05) is 50.1 Å². The van der Waals surface area contributed by atoms with Gasteiger partial charge < -0.3 is 15.0 Å². The first kappa shape index (κ1) is 18.9. The van der Waals surface area contributed by atoms with Crippen molar-refractivity contribution in [1.82, 2.24) is 10.3 Å². The zero-order valence-electron chi connectivity index (χ0n) is 17.5. The lowest BCUT2D eigenvalue weighted by Crippen LogP contribution is -2.40. The van der Waals surface area contributed by atoms with E-state index >= 15 is 0 Å². The average Bonchev–Trinajstić information content (AvgIpc) is 3.24. The van der Waals surface area contributed by atoms with Crippen molar-refractivity contribution >= 4 is 16.9 Å². The molecule has 0 amide bonds. The molecular weight excluding hydrogens is 360 g/mol. The van der Waals surface area contributed by atoms with Crippen LogP contribution in [0.25, 0.3) is 10.9 Å². The number of H-pyrrole nitrogens is 1. The second-order valence-corrected chi connectivity index (χ2v) is 9.65. The second-order valence-electron chi connectivity index (χ2n) is 9.65. The second kappa shape index (κ2) is 7.32. The molecule has 2 aliphatic carbocycles. The molecule has 1 aromatic carbocycles. The van der Waals surface area contributed by atoms with Crippen LogP contribution in [0.15, 0.2) is 42.1 Å². The highest BCUT2D eigenvalue weighted by Crippen LogP contribution is 2.53. The molecule has 0 bridgehead atoms. The molecule has 2 fully saturated rings. The van der Waals surface area contributed by atoms with E-state index in [1.165, 1.54) is 35.7 Å². The van der Waals surface area contributed by atoms with Crippen LogP contribution in [0.3, 0.4) is 0 Å². The SMILES string of the molecule is CC1CCCC2(C)CC3OC(=O)C(CNCCc4c[nH]c5ccccc45)C3C=C12. The molecular formula is C25H32N2O2. The smallest absolute Gasteiger partial charge is 0.311 e. The van der Waals surface area contributed by atoms with Gasteiger partial charge in [0, 0.05) is 29.6 Å². The fourth-order valence-corrected chi connectivity index (χ4v) is 6.10. The Kier molecular flexibility index (Phi) is 4.78. The largest absolute Gasteiger partial charge is 0.461 e. The lowest BCUT2D eigenvalue weighted by atomic mass is 9.59. The predicted molar refractivity (Wildman–Crippen MR) is 116 cm³/mol. The summed E-state index contributed by atoms with van der Waals surface area (Å²) in [6.07, 6.45) is 10.4. The van der Waals surface area contributed by atoms with Gasteiger partial charge in [-0.3, -0.25) is 4.79 Å². The van der Waals surface area contributed by atoms with Crippen molar-refractivity contribution in [2.75, 3.05) is 13.1 Å². The minimum Gasteiger partial charge on any atom is -0.461 e.